The summed E-state index contributed by atoms with van der Waals surface area (Å²) in [5, 5.41) is 30.1. The zero-order valence-corrected chi connectivity index (χ0v) is 20.7. The van der Waals surface area contributed by atoms with E-state index in [0.29, 0.717) is 17.7 Å². The van der Waals surface area contributed by atoms with Crippen molar-refractivity contribution in [2.45, 2.75) is 33.1 Å². The maximum Gasteiger partial charge on any atom is 0.290 e. The molecule has 0 unspecified atom stereocenters. The Morgan fingerprint density at radius 1 is 1.06 bits per heavy atom. The van der Waals surface area contributed by atoms with Crippen LogP contribution in [-0.4, -0.2) is 41.4 Å². The fourth-order valence-corrected chi connectivity index (χ4v) is 3.79. The summed E-state index contributed by atoms with van der Waals surface area (Å²) < 4.78 is 0. The topological polar surface area (TPSA) is 140 Å². The lowest BCUT2D eigenvalue weighted by Crippen LogP contribution is -2.18. The van der Waals surface area contributed by atoms with Crippen molar-refractivity contribution in [3.05, 3.63) is 77.4 Å². The molecule has 0 aliphatic heterocycles. The van der Waals surface area contributed by atoms with Crippen LogP contribution in [0, 0.1) is 12.3 Å². The van der Waals surface area contributed by atoms with Gasteiger partial charge in [0.05, 0.1) is 17.1 Å². The first-order valence-electron chi connectivity index (χ1n) is 11.4. The average Bonchev–Trinajstić information content (AvgIpc) is 3.34. The first-order chi connectivity index (χ1) is 17.2. The highest BCUT2D eigenvalue weighted by atomic mass is 16.3. The minimum absolute atomic E-state index is 0.0805. The summed E-state index contributed by atoms with van der Waals surface area (Å²) in [4.78, 5) is 18.9. The molecule has 5 N–H and O–H groups in total. The van der Waals surface area contributed by atoms with E-state index in [9.17, 15) is 9.90 Å². The van der Waals surface area contributed by atoms with Crippen LogP contribution in [-0.2, 0) is 22.4 Å². The van der Waals surface area contributed by atoms with Gasteiger partial charge < -0.3 is 15.9 Å². The van der Waals surface area contributed by atoms with Crippen LogP contribution in [0.3, 0.4) is 0 Å². The van der Waals surface area contributed by atoms with Gasteiger partial charge in [0.1, 0.15) is 11.5 Å². The number of fused-ring (bicyclic) bond motifs is 1. The first-order valence-corrected chi connectivity index (χ1v) is 11.4. The second kappa shape index (κ2) is 13.4. The van der Waals surface area contributed by atoms with Gasteiger partial charge in [-0.1, -0.05) is 48.0 Å². The van der Waals surface area contributed by atoms with Gasteiger partial charge in [-0.05, 0) is 68.0 Å². The Labute approximate surface area is 211 Å². The molecule has 4 rings (SSSR count). The van der Waals surface area contributed by atoms with Gasteiger partial charge >= 0.3 is 0 Å². The normalized spacial score (nSPS) is 11.7. The van der Waals surface area contributed by atoms with Crippen molar-refractivity contribution in [3.8, 4) is 16.9 Å². The molecule has 0 saturated heterocycles. The van der Waals surface area contributed by atoms with E-state index in [1.54, 1.807) is 18.0 Å². The molecule has 36 heavy (non-hydrogen) atoms. The molecule has 1 aliphatic carbocycles. The van der Waals surface area contributed by atoms with Crippen molar-refractivity contribution in [2.24, 2.45) is 5.10 Å². The largest absolute Gasteiger partial charge is 0.505 e. The van der Waals surface area contributed by atoms with Crippen LogP contribution in [0.4, 0.5) is 11.4 Å². The Morgan fingerprint density at radius 2 is 1.72 bits per heavy atom. The number of phenols is 1. The van der Waals surface area contributed by atoms with Gasteiger partial charge in [0, 0.05) is 12.6 Å². The number of aromatic hydroxyl groups is 1. The van der Waals surface area contributed by atoms with Gasteiger partial charge in [-0.25, -0.2) is 0 Å². The van der Waals surface area contributed by atoms with Crippen molar-refractivity contribution >= 4 is 35.6 Å². The molecule has 0 atom stereocenters. The van der Waals surface area contributed by atoms with Crippen molar-refractivity contribution in [2.75, 3.05) is 17.8 Å². The molecule has 0 heterocycles. The molecule has 0 saturated carbocycles. The fourth-order valence-electron chi connectivity index (χ4n) is 3.79. The van der Waals surface area contributed by atoms with Crippen molar-refractivity contribution in [1.29, 1.82) is 5.41 Å². The molecular formula is C28H32N4O4. The fraction of sp³-hybridized carbons (Fsp3) is 0.214. The lowest BCUT2D eigenvalue weighted by Gasteiger charge is -2.15. The number of nitrogens with zero attached hydrogens (tertiary/aromatic N) is 2. The quantitative estimate of drug-likeness (QED) is 0.133. The third kappa shape index (κ3) is 7.53. The molecule has 0 amide bonds. The number of hydrogen-bond acceptors (Lipinski definition) is 7. The Hall–Kier alpha value is -4.46. The Morgan fingerprint density at radius 3 is 2.39 bits per heavy atom. The Balaban J connectivity index is 0.000000232. The van der Waals surface area contributed by atoms with E-state index in [0.717, 1.165) is 35.2 Å². The van der Waals surface area contributed by atoms with Crippen LogP contribution < -0.4 is 10.7 Å². The Bertz CT molecular complexity index is 1250. The van der Waals surface area contributed by atoms with E-state index in [1.165, 1.54) is 17.5 Å². The minimum Gasteiger partial charge on any atom is -0.505 e. The SMILES string of the molecule is C/C(=N/N(C)c1ccc2c(c1)CCC2)C(=N)C=O.Cc1cccc(-c2cccc(N)c2O)c1.O=CO. The lowest BCUT2D eigenvalue weighted by atomic mass is 10.0. The highest BCUT2D eigenvalue weighted by Gasteiger charge is 2.12. The van der Waals surface area contributed by atoms with Crippen LogP contribution in [0.25, 0.3) is 11.1 Å². The molecule has 0 fully saturated rings. The number of aldehydes is 1. The van der Waals surface area contributed by atoms with Gasteiger partial charge in [0.15, 0.2) is 6.29 Å². The number of carbonyl (C=O) groups excluding carboxylic acids is 1. The summed E-state index contributed by atoms with van der Waals surface area (Å²) >= 11 is 0. The predicted molar refractivity (Wildman–Crippen MR) is 145 cm³/mol. The maximum absolute atomic E-state index is 10.5. The highest BCUT2D eigenvalue weighted by Crippen LogP contribution is 2.33. The van der Waals surface area contributed by atoms with E-state index in [2.05, 4.69) is 17.2 Å². The van der Waals surface area contributed by atoms with Crippen LogP contribution >= 0.6 is 0 Å². The maximum atomic E-state index is 10.5. The number of nitrogens with one attached hydrogen (secondary N) is 1. The zero-order chi connectivity index (χ0) is 26.7. The molecular weight excluding hydrogens is 456 g/mol. The molecule has 0 aromatic heterocycles. The number of nitrogen functional groups attached to an aromatic ring is 1. The number of carboxylic acid groups (broad SMARTS) is 1. The molecule has 8 heteroatoms. The van der Waals surface area contributed by atoms with Crippen LogP contribution in [0.15, 0.2) is 65.8 Å². The van der Waals surface area contributed by atoms with E-state index >= 15 is 0 Å². The zero-order valence-electron chi connectivity index (χ0n) is 20.7. The molecule has 8 nitrogen and oxygen atoms in total. The number of hydrogen-bond donors (Lipinski definition) is 4. The van der Waals surface area contributed by atoms with Gasteiger partial charge in [-0.2, -0.15) is 5.10 Å². The number of rotatable bonds is 5. The van der Waals surface area contributed by atoms with Gasteiger partial charge in [0.25, 0.3) is 6.47 Å². The van der Waals surface area contributed by atoms with Crippen molar-refractivity contribution in [1.82, 2.24) is 0 Å². The summed E-state index contributed by atoms with van der Waals surface area (Å²) in [6.45, 7) is 3.44. The molecule has 0 spiro atoms. The summed E-state index contributed by atoms with van der Waals surface area (Å²) in [5.41, 5.74) is 13.1. The van der Waals surface area contributed by atoms with Crippen molar-refractivity contribution < 1.29 is 19.8 Å². The predicted octanol–water partition coefficient (Wildman–Crippen LogP) is 4.86. The third-order valence-corrected chi connectivity index (χ3v) is 5.66. The van der Waals surface area contributed by atoms with Gasteiger partial charge in [0.2, 0.25) is 0 Å². The van der Waals surface area contributed by atoms with E-state index < -0.39 is 0 Å². The summed E-state index contributed by atoms with van der Waals surface area (Å²) in [6, 6.07) is 19.7. The minimum atomic E-state index is -0.250. The summed E-state index contributed by atoms with van der Waals surface area (Å²) in [5.74, 6) is 0.156. The monoisotopic (exact) mass is 488 g/mol. The number of aryl methyl sites for hydroxylation is 3. The molecule has 188 valence electrons. The van der Waals surface area contributed by atoms with Crippen molar-refractivity contribution in [3.63, 3.8) is 0 Å². The van der Waals surface area contributed by atoms with E-state index in [-0.39, 0.29) is 17.9 Å². The molecule has 0 bridgehead atoms. The third-order valence-electron chi connectivity index (χ3n) is 5.66. The van der Waals surface area contributed by atoms with Gasteiger partial charge in [-0.15, -0.1) is 0 Å². The molecule has 0 radical (unpaired) electrons. The van der Waals surface area contributed by atoms with E-state index in [4.69, 9.17) is 21.0 Å². The highest BCUT2D eigenvalue weighted by molar-refractivity contribution is 6.60. The van der Waals surface area contributed by atoms with Crippen LogP contribution in [0.1, 0.15) is 30.0 Å². The average molecular weight is 489 g/mol. The summed E-state index contributed by atoms with van der Waals surface area (Å²) in [7, 11) is 1.83. The number of anilines is 2. The van der Waals surface area contributed by atoms with E-state index in [1.807, 2.05) is 56.4 Å². The second-order valence-corrected chi connectivity index (χ2v) is 8.27. The smallest absolute Gasteiger partial charge is 0.290 e. The molecule has 3 aromatic carbocycles. The van der Waals surface area contributed by atoms with Crippen LogP contribution in [0.5, 0.6) is 5.75 Å². The number of para-hydroxylation sites is 1. The Kier molecular flexibility index (Phi) is 10.4. The summed E-state index contributed by atoms with van der Waals surface area (Å²) in [6.07, 6.45) is 4.03. The lowest BCUT2D eigenvalue weighted by molar-refractivity contribution is -0.122. The first kappa shape index (κ1) is 27.8. The van der Waals surface area contributed by atoms with Gasteiger partial charge in [-0.3, -0.25) is 20.0 Å². The molecule has 3 aromatic rings. The number of hydrazone groups is 1. The number of benzene rings is 3. The number of carbonyl (C=O) groups is 2. The van der Waals surface area contributed by atoms with Crippen LogP contribution in [0.2, 0.25) is 0 Å². The number of phenolic OH excluding ortho intramolecular Hbond substituents is 1. The number of nitrogens with two attached hydrogens (primary N) is 1. The molecule has 1 aliphatic rings. The second-order valence-electron chi connectivity index (χ2n) is 8.27. The standard InChI is InChI=1S/C14H17N3O.C13H13NO.CH2O2/c1-10(14(15)9-18)16-17(2)13-7-6-11-4-3-5-12(11)8-13;1-9-4-2-5-10(8-9)11-6-3-7-12(14)13(11)15;2-1-3/h6-9,15H,3-5H2,1-2H3;2-8,15H,14H2,1H3;1H,(H,2,3)/b15-14?,16-10-;;.